The minimum atomic E-state index is -0.285. The maximum absolute atomic E-state index is 11.2. The highest BCUT2D eigenvalue weighted by Gasteiger charge is 2.24. The molecular formula is C55H82Br2ClN6O4P. The van der Waals surface area contributed by atoms with E-state index in [-0.39, 0.29) is 28.9 Å². The number of hydrogen-bond donors (Lipinski definition) is 4. The number of hydrogen-bond acceptors (Lipinski definition) is 8. The van der Waals surface area contributed by atoms with E-state index >= 15 is 0 Å². The molecule has 0 bridgehead atoms. The normalized spacial score (nSPS) is 12.6. The summed E-state index contributed by atoms with van der Waals surface area (Å²) in [5.74, 6) is 0.522. The first-order valence-corrected chi connectivity index (χ1v) is 27.2. The van der Waals surface area contributed by atoms with Crippen LogP contribution in [0.15, 0.2) is 140 Å². The van der Waals surface area contributed by atoms with Crippen molar-refractivity contribution in [3.63, 3.8) is 0 Å². The summed E-state index contributed by atoms with van der Waals surface area (Å²) in [5, 5.41) is 7.02. The number of carbonyl (C=O) groups is 4. The van der Waals surface area contributed by atoms with Gasteiger partial charge >= 0.3 is 0 Å². The third kappa shape index (κ3) is 31.3. The standard InChI is InChI=1S/C9H10BrNO.C9H13N2P.2C9H9NO.C6H7N.C3H4BrClO.5C2H6/c10-7-6-9(12)11-8-4-2-1-3-5-8;10-8-5-6-11(12)9-4-2-1-3-7(8)9;11-9-5-6-10-8-4-2-1-3-7(8)9;11-9-6-7-10(9)8-4-2-1-3-5-8;7-6-4-2-1-3-5-6;4-2-1-3(5)6;5*1-2/h1-5H,6-7H2,(H,11,12);1-4,8H,5-6,10,12H2;1-4,10H,5-6H2;1-5H,6-7H2;1-5H,7H2;1-2H2;5*1-2H3. The molecule has 0 radical (unpaired) electrons. The molecule has 14 heteroatoms. The first-order valence-electron chi connectivity index (χ1n) is 24.1. The predicted molar refractivity (Wildman–Crippen MR) is 313 cm³/mol. The van der Waals surface area contributed by atoms with E-state index in [0.29, 0.717) is 36.3 Å². The second kappa shape index (κ2) is 47.1. The molecule has 3 heterocycles. The number of amides is 2. The van der Waals surface area contributed by atoms with Gasteiger partial charge in [-0.05, 0) is 87.6 Å². The van der Waals surface area contributed by atoms with Crippen LogP contribution in [0.4, 0.5) is 28.4 Å². The van der Waals surface area contributed by atoms with Crippen molar-refractivity contribution in [3.8, 4) is 0 Å². The zero-order chi connectivity index (χ0) is 52.8. The third-order valence-electron chi connectivity index (χ3n) is 8.61. The van der Waals surface area contributed by atoms with Crippen molar-refractivity contribution in [2.75, 3.05) is 56.2 Å². The lowest BCUT2D eigenvalue weighted by Crippen LogP contribution is -2.43. The third-order valence-corrected chi connectivity index (χ3v) is 10.1. The number of nitrogens with one attached hydrogen (secondary N) is 2. The quantitative estimate of drug-likeness (QED) is 0.0431. The Morgan fingerprint density at radius 3 is 1.61 bits per heavy atom. The molecule has 3 aliphatic heterocycles. The molecule has 6 N–H and O–H groups in total. The van der Waals surface area contributed by atoms with E-state index in [1.54, 1.807) is 4.90 Å². The topological polar surface area (TPSA) is 151 Å². The molecule has 2 amide bonds. The summed E-state index contributed by atoms with van der Waals surface area (Å²) in [6.07, 6.45) is 3.29. The molecular weight excluding hydrogens is 1030 g/mol. The summed E-state index contributed by atoms with van der Waals surface area (Å²) in [4.78, 5) is 44.8. The fraction of sp³-hybridized carbons (Fsp3) is 0.382. The number of fused-ring (bicyclic) bond motifs is 2. The molecule has 2 unspecified atom stereocenters. The lowest BCUT2D eigenvalue weighted by Gasteiger charge is -2.30. The smallest absolute Gasteiger partial charge is 0.228 e. The van der Waals surface area contributed by atoms with E-state index in [1.165, 1.54) is 11.3 Å². The maximum Gasteiger partial charge on any atom is 0.228 e. The molecule has 8 rings (SSSR count). The van der Waals surface area contributed by atoms with Gasteiger partial charge < -0.3 is 31.7 Å². The number of carbonyl (C=O) groups excluding carboxylic acids is 4. The summed E-state index contributed by atoms with van der Waals surface area (Å²) in [6, 6.07) is 44.8. The summed E-state index contributed by atoms with van der Waals surface area (Å²) in [5.41, 5.74) is 18.3. The average Bonchev–Trinajstić information content (AvgIpc) is 3.40. The van der Waals surface area contributed by atoms with Gasteiger partial charge in [-0.1, -0.05) is 186 Å². The Labute approximate surface area is 440 Å². The highest BCUT2D eigenvalue weighted by molar-refractivity contribution is 9.09. The molecule has 0 saturated carbocycles. The minimum Gasteiger partial charge on any atom is -0.399 e. The van der Waals surface area contributed by atoms with Crippen LogP contribution in [-0.4, -0.2) is 53.1 Å². The number of para-hydroxylation sites is 5. The second-order valence-corrected chi connectivity index (χ2v) is 15.6. The molecule has 0 aliphatic carbocycles. The zero-order valence-electron chi connectivity index (χ0n) is 42.8. The van der Waals surface area contributed by atoms with E-state index in [0.717, 1.165) is 54.4 Å². The Morgan fingerprint density at radius 2 is 1.17 bits per heavy atom. The lowest BCUT2D eigenvalue weighted by atomic mass is 9.99. The van der Waals surface area contributed by atoms with Gasteiger partial charge in [0.2, 0.25) is 17.1 Å². The molecule has 1 fully saturated rings. The highest BCUT2D eigenvalue weighted by atomic mass is 79.9. The minimum absolute atomic E-state index is 0.0399. The van der Waals surface area contributed by atoms with Gasteiger partial charge in [0.1, 0.15) is 0 Å². The van der Waals surface area contributed by atoms with Crippen molar-refractivity contribution >= 4 is 104 Å². The number of ketones is 1. The van der Waals surface area contributed by atoms with Gasteiger partial charge in [-0.2, -0.15) is 0 Å². The van der Waals surface area contributed by atoms with Crippen LogP contribution < -0.4 is 31.7 Å². The Kier molecular flexibility index (Phi) is 46.9. The van der Waals surface area contributed by atoms with Crippen molar-refractivity contribution < 1.29 is 19.2 Å². The van der Waals surface area contributed by atoms with Crippen molar-refractivity contribution in [1.29, 1.82) is 0 Å². The van der Waals surface area contributed by atoms with Crippen LogP contribution in [0.3, 0.4) is 0 Å². The zero-order valence-corrected chi connectivity index (χ0v) is 47.9. The molecule has 1 saturated heterocycles. The Hall–Kier alpha value is -4.58. The number of nitrogens with two attached hydrogens (primary N) is 2. The van der Waals surface area contributed by atoms with Gasteiger partial charge in [0, 0.05) is 96.0 Å². The van der Waals surface area contributed by atoms with E-state index in [1.807, 2.05) is 197 Å². The average molecular weight is 1120 g/mol. The predicted octanol–water partition coefficient (Wildman–Crippen LogP) is 15.1. The Morgan fingerprint density at radius 1 is 0.681 bits per heavy atom. The molecule has 0 aromatic heterocycles. The number of nitrogen functional groups attached to an aromatic ring is 1. The summed E-state index contributed by atoms with van der Waals surface area (Å²) < 4.78 is 2.18. The Bertz CT molecular complexity index is 1990. The second-order valence-electron chi connectivity index (χ2n) is 13.0. The molecule has 5 aromatic carbocycles. The number of alkyl halides is 2. The van der Waals surface area contributed by atoms with Crippen molar-refractivity contribution in [1.82, 2.24) is 0 Å². The number of benzene rings is 5. The molecule has 10 nitrogen and oxygen atoms in total. The first-order chi connectivity index (χ1) is 33.5. The summed E-state index contributed by atoms with van der Waals surface area (Å²) in [7, 11) is 2.73. The van der Waals surface area contributed by atoms with Gasteiger partial charge in [-0.25, -0.2) is 0 Å². The lowest BCUT2D eigenvalue weighted by molar-refractivity contribution is -0.122. The first kappa shape index (κ1) is 68.7. The number of Topliss-reactive ketones (excluding diaryl/α,β-unsaturated/α-hetero) is 1. The summed E-state index contributed by atoms with van der Waals surface area (Å²) >= 11 is 11.2. The van der Waals surface area contributed by atoms with Crippen LogP contribution in [0.2, 0.25) is 0 Å². The van der Waals surface area contributed by atoms with Gasteiger partial charge in [0.25, 0.3) is 0 Å². The van der Waals surface area contributed by atoms with Gasteiger partial charge in [-0.3, -0.25) is 19.2 Å². The molecule has 2 atom stereocenters. The maximum atomic E-state index is 11.2. The van der Waals surface area contributed by atoms with E-state index in [9.17, 15) is 19.2 Å². The molecule has 0 spiro atoms. The largest absolute Gasteiger partial charge is 0.399 e. The van der Waals surface area contributed by atoms with Crippen LogP contribution in [-0.2, 0) is 14.4 Å². The highest BCUT2D eigenvalue weighted by Crippen LogP contribution is 2.33. The van der Waals surface area contributed by atoms with Crippen molar-refractivity contribution in [3.05, 3.63) is 151 Å². The number of halogens is 3. The number of anilines is 5. The number of β-lactam (4-membered cyclic amide) rings is 1. The van der Waals surface area contributed by atoms with Crippen LogP contribution in [0.1, 0.15) is 123 Å². The molecule has 69 heavy (non-hydrogen) atoms. The van der Waals surface area contributed by atoms with Gasteiger partial charge in [0.05, 0.1) is 0 Å². The van der Waals surface area contributed by atoms with E-state index < -0.39 is 0 Å². The van der Waals surface area contributed by atoms with Gasteiger partial charge in [0.15, 0.2) is 5.78 Å². The summed E-state index contributed by atoms with van der Waals surface area (Å²) in [6.45, 7) is 22.7. The monoisotopic (exact) mass is 1110 g/mol. The van der Waals surface area contributed by atoms with Crippen LogP contribution in [0.5, 0.6) is 0 Å². The van der Waals surface area contributed by atoms with Crippen LogP contribution in [0.25, 0.3) is 0 Å². The van der Waals surface area contributed by atoms with Crippen LogP contribution in [0, 0.1) is 0 Å². The fourth-order valence-electron chi connectivity index (χ4n) is 5.50. The van der Waals surface area contributed by atoms with Crippen molar-refractivity contribution in [2.24, 2.45) is 5.73 Å². The number of rotatable bonds is 6. The molecule has 5 aromatic rings. The fourth-order valence-corrected chi connectivity index (χ4v) is 6.92. The molecule has 382 valence electrons. The Balaban J connectivity index is -0.000000739. The molecule has 3 aliphatic rings. The van der Waals surface area contributed by atoms with E-state index in [4.69, 9.17) is 23.1 Å². The van der Waals surface area contributed by atoms with Gasteiger partial charge in [-0.15, -0.1) is 0 Å². The van der Waals surface area contributed by atoms with Crippen LogP contribution >= 0.6 is 52.9 Å². The number of nitrogens with zero attached hydrogens (tertiary/aromatic N) is 2. The van der Waals surface area contributed by atoms with Crippen molar-refractivity contribution in [2.45, 2.75) is 107 Å². The van der Waals surface area contributed by atoms with E-state index in [2.05, 4.69) is 68.7 Å². The SMILES string of the molecule is CC.CC.CC.CC.CC.NC1CCN(P)c2ccccc21.Nc1ccccc1.O=C(CCBr)Nc1ccccc1.O=C(Cl)CCBr.O=C1CCN1c1ccccc1.O=C1CCNc2ccccc21.